The Balaban J connectivity index is 4.76. The minimum absolute atomic E-state index is 0.136. The monoisotopic (exact) mass is 357 g/mol. The normalized spacial score (nSPS) is 17.6. The summed E-state index contributed by atoms with van der Waals surface area (Å²) in [6.45, 7) is 25.7. The Morgan fingerprint density at radius 3 is 1.76 bits per heavy atom. The van der Waals surface area contributed by atoms with Gasteiger partial charge in [0, 0.05) is 5.54 Å². The first-order chi connectivity index (χ1) is 11.1. The van der Waals surface area contributed by atoms with Gasteiger partial charge in [-0.05, 0) is 71.6 Å². The molecule has 0 aliphatic rings. The zero-order chi connectivity index (χ0) is 20.1. The highest BCUT2D eigenvalue weighted by Gasteiger charge is 2.35. The van der Waals surface area contributed by atoms with E-state index in [0.717, 1.165) is 19.4 Å². The van der Waals surface area contributed by atoms with Gasteiger partial charge >= 0.3 is 0 Å². The molecule has 0 bridgehead atoms. The van der Waals surface area contributed by atoms with E-state index in [1.54, 1.807) is 0 Å². The molecular weight excluding hydrogens is 310 g/mol. The third-order valence-electron chi connectivity index (χ3n) is 6.06. The van der Waals surface area contributed by atoms with Crippen LogP contribution in [0.3, 0.4) is 0 Å². The van der Waals surface area contributed by atoms with Crippen molar-refractivity contribution in [1.82, 2.24) is 0 Å². The van der Waals surface area contributed by atoms with Gasteiger partial charge < -0.3 is 15.2 Å². The lowest BCUT2D eigenvalue weighted by Crippen LogP contribution is -2.45. The molecule has 3 heteroatoms. The standard InChI is InChI=1S/C22H47NO2/c1-12-19(13-20(6,7)24-14-17(4)16(2)3)22(10,11)25-15-18(5)21(8,9)23/h16-19H,12-15,23H2,1-11H3. The SMILES string of the molecule is CCC(CC(C)(C)OCC(C)C(C)C)C(C)(C)OCC(C)C(C)(C)N. The summed E-state index contributed by atoms with van der Waals surface area (Å²) in [6.07, 6.45) is 2.08. The number of rotatable bonds is 12. The summed E-state index contributed by atoms with van der Waals surface area (Å²) in [6, 6.07) is 0. The first-order valence-electron chi connectivity index (χ1n) is 10.2. The van der Waals surface area contributed by atoms with E-state index in [2.05, 4.69) is 76.2 Å². The summed E-state index contributed by atoms with van der Waals surface area (Å²) in [5, 5.41) is 0. The van der Waals surface area contributed by atoms with Gasteiger partial charge in [0.05, 0.1) is 24.4 Å². The molecular formula is C22H47NO2. The number of ether oxygens (including phenoxy) is 2. The molecule has 3 atom stereocenters. The molecule has 25 heavy (non-hydrogen) atoms. The smallest absolute Gasteiger partial charge is 0.0655 e. The summed E-state index contributed by atoms with van der Waals surface area (Å²) >= 11 is 0. The molecule has 0 aromatic carbocycles. The highest BCUT2D eigenvalue weighted by molar-refractivity contribution is 4.86. The maximum Gasteiger partial charge on any atom is 0.0655 e. The molecule has 0 saturated carbocycles. The van der Waals surface area contributed by atoms with Crippen LogP contribution in [0.25, 0.3) is 0 Å². The van der Waals surface area contributed by atoms with E-state index in [1.807, 2.05) is 0 Å². The Bertz CT molecular complexity index is 369. The lowest BCUT2D eigenvalue weighted by Gasteiger charge is -2.40. The Hall–Kier alpha value is -0.120. The zero-order valence-electron chi connectivity index (χ0n) is 19.0. The summed E-state index contributed by atoms with van der Waals surface area (Å²) < 4.78 is 12.6. The van der Waals surface area contributed by atoms with Crippen molar-refractivity contribution in [3.05, 3.63) is 0 Å². The van der Waals surface area contributed by atoms with Crippen LogP contribution in [0.15, 0.2) is 0 Å². The van der Waals surface area contributed by atoms with E-state index in [4.69, 9.17) is 15.2 Å². The van der Waals surface area contributed by atoms with Gasteiger partial charge in [0.15, 0.2) is 0 Å². The predicted molar refractivity (Wildman–Crippen MR) is 110 cm³/mol. The van der Waals surface area contributed by atoms with E-state index in [9.17, 15) is 0 Å². The zero-order valence-corrected chi connectivity index (χ0v) is 19.0. The second-order valence-electron chi connectivity index (χ2n) is 10.2. The van der Waals surface area contributed by atoms with E-state index in [0.29, 0.717) is 30.3 Å². The average Bonchev–Trinajstić information content (AvgIpc) is 2.46. The molecule has 0 spiro atoms. The van der Waals surface area contributed by atoms with Gasteiger partial charge in [0.25, 0.3) is 0 Å². The van der Waals surface area contributed by atoms with Gasteiger partial charge in [-0.3, -0.25) is 0 Å². The van der Waals surface area contributed by atoms with Crippen molar-refractivity contribution >= 4 is 0 Å². The van der Waals surface area contributed by atoms with E-state index in [-0.39, 0.29) is 16.7 Å². The minimum atomic E-state index is -0.215. The maximum atomic E-state index is 6.34. The van der Waals surface area contributed by atoms with Gasteiger partial charge in [0.2, 0.25) is 0 Å². The summed E-state index contributed by atoms with van der Waals surface area (Å²) in [5.74, 6) is 2.00. The molecule has 0 aromatic heterocycles. The summed E-state index contributed by atoms with van der Waals surface area (Å²) in [7, 11) is 0. The number of hydrogen-bond acceptors (Lipinski definition) is 3. The molecule has 3 unspecified atom stereocenters. The van der Waals surface area contributed by atoms with Crippen LogP contribution in [0.5, 0.6) is 0 Å². The third kappa shape index (κ3) is 9.40. The fourth-order valence-electron chi connectivity index (χ4n) is 2.76. The molecule has 0 amide bonds. The average molecular weight is 358 g/mol. The van der Waals surface area contributed by atoms with Crippen LogP contribution < -0.4 is 5.73 Å². The van der Waals surface area contributed by atoms with Crippen LogP contribution in [-0.2, 0) is 9.47 Å². The fourth-order valence-corrected chi connectivity index (χ4v) is 2.76. The van der Waals surface area contributed by atoms with E-state index < -0.39 is 0 Å². The topological polar surface area (TPSA) is 44.5 Å². The van der Waals surface area contributed by atoms with E-state index in [1.165, 1.54) is 0 Å². The first kappa shape index (κ1) is 24.9. The number of nitrogens with two attached hydrogens (primary N) is 1. The molecule has 0 radical (unpaired) electrons. The fraction of sp³-hybridized carbons (Fsp3) is 1.00. The quantitative estimate of drug-likeness (QED) is 0.490. The second-order valence-corrected chi connectivity index (χ2v) is 10.2. The van der Waals surface area contributed by atoms with Crippen molar-refractivity contribution in [3.8, 4) is 0 Å². The number of hydrogen-bond donors (Lipinski definition) is 1. The summed E-state index contributed by atoms with van der Waals surface area (Å²) in [4.78, 5) is 0. The molecule has 0 rings (SSSR count). The van der Waals surface area contributed by atoms with Gasteiger partial charge in [-0.2, -0.15) is 0 Å². The lowest BCUT2D eigenvalue weighted by molar-refractivity contribution is -0.114. The van der Waals surface area contributed by atoms with Gasteiger partial charge in [-0.1, -0.05) is 41.0 Å². The van der Waals surface area contributed by atoms with Crippen LogP contribution >= 0.6 is 0 Å². The van der Waals surface area contributed by atoms with Crippen molar-refractivity contribution in [2.75, 3.05) is 13.2 Å². The molecule has 0 saturated heterocycles. The first-order valence-corrected chi connectivity index (χ1v) is 10.2. The van der Waals surface area contributed by atoms with Gasteiger partial charge in [-0.25, -0.2) is 0 Å². The highest BCUT2D eigenvalue weighted by atomic mass is 16.5. The summed E-state index contributed by atoms with van der Waals surface area (Å²) in [5.41, 5.74) is 5.68. The van der Waals surface area contributed by atoms with Crippen LogP contribution in [-0.4, -0.2) is 30.0 Å². The Labute approximate surface area is 158 Å². The Morgan fingerprint density at radius 2 is 1.36 bits per heavy atom. The third-order valence-corrected chi connectivity index (χ3v) is 6.06. The molecule has 2 N–H and O–H groups in total. The van der Waals surface area contributed by atoms with Crippen molar-refractivity contribution in [1.29, 1.82) is 0 Å². The van der Waals surface area contributed by atoms with Crippen LogP contribution in [0.4, 0.5) is 0 Å². The van der Waals surface area contributed by atoms with Gasteiger partial charge in [-0.15, -0.1) is 0 Å². The van der Waals surface area contributed by atoms with Crippen molar-refractivity contribution in [2.24, 2.45) is 29.4 Å². The molecule has 3 nitrogen and oxygen atoms in total. The Morgan fingerprint density at radius 1 is 0.840 bits per heavy atom. The molecule has 0 aromatic rings. The molecule has 0 aliphatic heterocycles. The molecule has 0 heterocycles. The van der Waals surface area contributed by atoms with Crippen LogP contribution in [0, 0.1) is 23.7 Å². The largest absolute Gasteiger partial charge is 0.375 e. The lowest BCUT2D eigenvalue weighted by atomic mass is 9.80. The van der Waals surface area contributed by atoms with Crippen molar-refractivity contribution in [3.63, 3.8) is 0 Å². The Kier molecular flexibility index (Phi) is 9.66. The molecule has 0 fully saturated rings. The second kappa shape index (κ2) is 9.71. The predicted octanol–water partition coefficient (Wildman–Crippen LogP) is 5.66. The molecule has 152 valence electrons. The van der Waals surface area contributed by atoms with E-state index >= 15 is 0 Å². The maximum absolute atomic E-state index is 6.34. The van der Waals surface area contributed by atoms with Gasteiger partial charge in [0.1, 0.15) is 0 Å². The minimum Gasteiger partial charge on any atom is -0.375 e. The highest BCUT2D eigenvalue weighted by Crippen LogP contribution is 2.34. The van der Waals surface area contributed by atoms with Crippen LogP contribution in [0.1, 0.15) is 89.0 Å². The van der Waals surface area contributed by atoms with Crippen molar-refractivity contribution < 1.29 is 9.47 Å². The van der Waals surface area contributed by atoms with Crippen molar-refractivity contribution in [2.45, 2.75) is 106 Å². The van der Waals surface area contributed by atoms with Crippen LogP contribution in [0.2, 0.25) is 0 Å². The molecule has 0 aliphatic carbocycles.